The molecule has 33 heavy (non-hydrogen) atoms. The fraction of sp³-hybridized carbons (Fsp3) is 0.222. The second-order valence-electron chi connectivity index (χ2n) is 8.26. The number of carbonyl (C=O) groups excluding carboxylic acids is 1. The number of amides is 1. The van der Waals surface area contributed by atoms with Crippen molar-refractivity contribution in [1.82, 2.24) is 9.47 Å². The molecule has 0 unspecified atom stereocenters. The third-order valence-electron chi connectivity index (χ3n) is 6.10. The first kappa shape index (κ1) is 21.6. The molecule has 4 aromatic rings. The molecule has 0 bridgehead atoms. The summed E-state index contributed by atoms with van der Waals surface area (Å²) >= 11 is 1.58. The zero-order valence-corrected chi connectivity index (χ0v) is 19.2. The number of hydrogen-bond donors (Lipinski definition) is 0. The van der Waals surface area contributed by atoms with Crippen LogP contribution >= 0.6 is 11.8 Å². The normalized spacial score (nSPS) is 14.1. The molecular formula is C27H26FN3OS. The molecule has 1 saturated heterocycles. The molecular weight excluding hydrogens is 433 g/mol. The summed E-state index contributed by atoms with van der Waals surface area (Å²) in [6, 6.07) is 25.2. The first-order valence-corrected chi connectivity index (χ1v) is 12.2. The van der Waals surface area contributed by atoms with Gasteiger partial charge >= 0.3 is 0 Å². The molecule has 0 spiro atoms. The minimum absolute atomic E-state index is 0.176. The number of para-hydroxylation sites is 2. The van der Waals surface area contributed by atoms with Crippen molar-refractivity contribution in [1.29, 1.82) is 0 Å². The molecule has 0 saturated carbocycles. The largest absolute Gasteiger partial charge is 0.368 e. The predicted molar refractivity (Wildman–Crippen MR) is 133 cm³/mol. The summed E-state index contributed by atoms with van der Waals surface area (Å²) in [4.78, 5) is 18.3. The number of rotatable bonds is 6. The van der Waals surface area contributed by atoms with Crippen molar-refractivity contribution in [3.63, 3.8) is 0 Å². The molecule has 0 aliphatic carbocycles. The average molecular weight is 460 g/mol. The number of hydrogen-bond acceptors (Lipinski definition) is 3. The molecule has 1 aliphatic heterocycles. The second-order valence-corrected chi connectivity index (χ2v) is 9.28. The summed E-state index contributed by atoms with van der Waals surface area (Å²) in [7, 11) is 0. The second kappa shape index (κ2) is 9.71. The number of thioether (sulfide) groups is 1. The van der Waals surface area contributed by atoms with Gasteiger partial charge in [0.1, 0.15) is 5.82 Å². The fourth-order valence-electron chi connectivity index (χ4n) is 4.37. The zero-order valence-electron chi connectivity index (χ0n) is 18.4. The number of benzene rings is 3. The highest BCUT2D eigenvalue weighted by atomic mass is 32.2. The maximum atomic E-state index is 13.6. The van der Waals surface area contributed by atoms with E-state index in [-0.39, 0.29) is 11.7 Å². The van der Waals surface area contributed by atoms with E-state index in [0.29, 0.717) is 12.3 Å². The van der Waals surface area contributed by atoms with Crippen LogP contribution in [0.25, 0.3) is 10.9 Å². The van der Waals surface area contributed by atoms with E-state index in [2.05, 4.69) is 39.9 Å². The van der Waals surface area contributed by atoms with Gasteiger partial charge in [0.2, 0.25) is 5.91 Å². The molecule has 2 heterocycles. The minimum Gasteiger partial charge on any atom is -0.368 e. The molecule has 1 fully saturated rings. The Labute approximate surface area is 197 Å². The van der Waals surface area contributed by atoms with Gasteiger partial charge in [0.25, 0.3) is 0 Å². The van der Waals surface area contributed by atoms with E-state index in [0.717, 1.165) is 47.5 Å². The summed E-state index contributed by atoms with van der Waals surface area (Å²) in [6.45, 7) is 3.79. The van der Waals surface area contributed by atoms with Crippen LogP contribution in [0.2, 0.25) is 0 Å². The first-order chi connectivity index (χ1) is 16.2. The quantitative estimate of drug-likeness (QED) is 0.368. The summed E-state index contributed by atoms with van der Waals surface area (Å²) in [6.07, 6.45) is 2.08. The maximum Gasteiger partial charge on any atom is 0.233 e. The van der Waals surface area contributed by atoms with Crippen LogP contribution in [0, 0.1) is 5.82 Å². The first-order valence-electron chi connectivity index (χ1n) is 11.2. The Balaban J connectivity index is 1.24. The van der Waals surface area contributed by atoms with E-state index in [1.807, 2.05) is 41.3 Å². The van der Waals surface area contributed by atoms with Crippen LogP contribution in [0.1, 0.15) is 5.56 Å². The van der Waals surface area contributed by atoms with Crippen LogP contribution < -0.4 is 4.90 Å². The van der Waals surface area contributed by atoms with Crippen LogP contribution in [0.15, 0.2) is 90.0 Å². The Kier molecular flexibility index (Phi) is 6.35. The van der Waals surface area contributed by atoms with Gasteiger partial charge in [0.15, 0.2) is 0 Å². The maximum absolute atomic E-state index is 13.6. The zero-order chi connectivity index (χ0) is 22.6. The lowest BCUT2D eigenvalue weighted by atomic mass is 10.2. The number of nitrogens with zero attached hydrogens (tertiary/aromatic N) is 3. The Morgan fingerprint density at radius 3 is 2.42 bits per heavy atom. The van der Waals surface area contributed by atoms with Crippen molar-refractivity contribution in [2.75, 3.05) is 36.8 Å². The van der Waals surface area contributed by atoms with E-state index < -0.39 is 0 Å². The summed E-state index contributed by atoms with van der Waals surface area (Å²) in [5.41, 5.74) is 3.22. The number of anilines is 1. The van der Waals surface area contributed by atoms with Crippen molar-refractivity contribution in [3.05, 3.63) is 96.4 Å². The highest BCUT2D eigenvalue weighted by Crippen LogP contribution is 2.31. The van der Waals surface area contributed by atoms with Gasteiger partial charge in [-0.15, -0.1) is 11.8 Å². The molecule has 168 valence electrons. The molecule has 0 atom stereocenters. The average Bonchev–Trinajstić information content (AvgIpc) is 3.20. The van der Waals surface area contributed by atoms with E-state index in [4.69, 9.17) is 0 Å². The summed E-state index contributed by atoms with van der Waals surface area (Å²) < 4.78 is 15.8. The standard InChI is InChI=1S/C27H26FN3OS/c28-22-8-6-7-21(17-22)18-31-19-26(24-11-4-5-12-25(24)31)33-20-27(32)30-15-13-29(14-16-30)23-9-2-1-3-10-23/h1-12,17,19H,13-16,18,20H2. The minimum atomic E-state index is -0.225. The Bertz CT molecular complexity index is 1250. The van der Waals surface area contributed by atoms with Crippen LogP contribution in [-0.4, -0.2) is 47.3 Å². The Hall–Kier alpha value is -3.25. The smallest absolute Gasteiger partial charge is 0.233 e. The molecule has 0 N–H and O–H groups in total. The van der Waals surface area contributed by atoms with E-state index in [1.165, 1.54) is 11.8 Å². The van der Waals surface area contributed by atoms with Crippen LogP contribution in [-0.2, 0) is 11.3 Å². The highest BCUT2D eigenvalue weighted by molar-refractivity contribution is 8.00. The van der Waals surface area contributed by atoms with Gasteiger partial charge < -0.3 is 14.4 Å². The van der Waals surface area contributed by atoms with Gasteiger partial charge in [0, 0.05) is 60.4 Å². The van der Waals surface area contributed by atoms with Gasteiger partial charge in [-0.2, -0.15) is 0 Å². The van der Waals surface area contributed by atoms with Gasteiger partial charge in [-0.25, -0.2) is 4.39 Å². The van der Waals surface area contributed by atoms with Crippen molar-refractivity contribution >= 4 is 34.3 Å². The monoisotopic (exact) mass is 459 g/mol. The van der Waals surface area contributed by atoms with Gasteiger partial charge in [0.05, 0.1) is 5.75 Å². The van der Waals surface area contributed by atoms with Crippen molar-refractivity contribution in [2.45, 2.75) is 11.4 Å². The fourth-order valence-corrected chi connectivity index (χ4v) is 5.37. The van der Waals surface area contributed by atoms with Gasteiger partial charge in [-0.3, -0.25) is 4.79 Å². The number of carbonyl (C=O) groups is 1. The number of fused-ring (bicyclic) bond motifs is 1. The molecule has 6 heteroatoms. The lowest BCUT2D eigenvalue weighted by Crippen LogP contribution is -2.49. The van der Waals surface area contributed by atoms with E-state index in [9.17, 15) is 9.18 Å². The lowest BCUT2D eigenvalue weighted by Gasteiger charge is -2.36. The molecule has 4 nitrogen and oxygen atoms in total. The summed E-state index contributed by atoms with van der Waals surface area (Å²) in [5, 5.41) is 1.13. The van der Waals surface area contributed by atoms with E-state index in [1.54, 1.807) is 23.9 Å². The molecule has 1 aromatic heterocycles. The summed E-state index contributed by atoms with van der Waals surface area (Å²) in [5.74, 6) is 0.366. The van der Waals surface area contributed by atoms with Crippen LogP contribution in [0.3, 0.4) is 0 Å². The third-order valence-corrected chi connectivity index (χ3v) is 7.13. The van der Waals surface area contributed by atoms with Crippen molar-refractivity contribution < 1.29 is 9.18 Å². The highest BCUT2D eigenvalue weighted by Gasteiger charge is 2.22. The molecule has 5 rings (SSSR count). The SMILES string of the molecule is O=C(CSc1cn(Cc2cccc(F)c2)c2ccccc12)N1CCN(c2ccccc2)CC1. The molecule has 1 amide bonds. The molecule has 3 aromatic carbocycles. The van der Waals surface area contributed by atoms with E-state index >= 15 is 0 Å². The Morgan fingerprint density at radius 2 is 1.64 bits per heavy atom. The van der Waals surface area contributed by atoms with Crippen molar-refractivity contribution in [2.24, 2.45) is 0 Å². The van der Waals surface area contributed by atoms with Crippen molar-refractivity contribution in [3.8, 4) is 0 Å². The lowest BCUT2D eigenvalue weighted by molar-refractivity contribution is -0.128. The molecule has 0 radical (unpaired) electrons. The number of halogens is 1. The van der Waals surface area contributed by atoms with Gasteiger partial charge in [-0.1, -0.05) is 48.5 Å². The Morgan fingerprint density at radius 1 is 0.879 bits per heavy atom. The molecule has 1 aliphatic rings. The van der Waals surface area contributed by atoms with Crippen LogP contribution in [0.5, 0.6) is 0 Å². The number of aromatic nitrogens is 1. The topological polar surface area (TPSA) is 28.5 Å². The predicted octanol–water partition coefficient (Wildman–Crippen LogP) is 5.27. The van der Waals surface area contributed by atoms with Gasteiger partial charge in [-0.05, 0) is 35.9 Å². The third kappa shape index (κ3) is 4.91. The van der Waals surface area contributed by atoms with Crippen LogP contribution in [0.4, 0.5) is 10.1 Å². The number of piperazine rings is 1.